The Morgan fingerprint density at radius 2 is 1.86 bits per heavy atom. The number of carbonyl (C=O) groups excluding carboxylic acids is 1. The molecule has 2 aliphatic rings. The van der Waals surface area contributed by atoms with Crippen molar-refractivity contribution in [1.82, 2.24) is 14.5 Å². The van der Waals surface area contributed by atoms with Crippen LogP contribution in [0, 0.1) is 16.0 Å². The van der Waals surface area contributed by atoms with E-state index in [-0.39, 0.29) is 35.4 Å². The van der Waals surface area contributed by atoms with E-state index in [0.717, 1.165) is 61.9 Å². The van der Waals surface area contributed by atoms with Crippen LogP contribution in [0.25, 0.3) is 22.4 Å². The van der Waals surface area contributed by atoms with Crippen molar-refractivity contribution in [1.29, 1.82) is 0 Å². The van der Waals surface area contributed by atoms with Gasteiger partial charge in [-0.15, -0.1) is 0 Å². The van der Waals surface area contributed by atoms with Gasteiger partial charge < -0.3 is 15.4 Å². The largest absolute Gasteiger partial charge is 0.396 e. The summed E-state index contributed by atoms with van der Waals surface area (Å²) in [6.45, 7) is 3.19. The lowest BCUT2D eigenvalue weighted by Gasteiger charge is -2.30. The molecule has 0 radical (unpaired) electrons. The number of nitro benzene ring substituents is 1. The second-order valence-electron chi connectivity index (χ2n) is 10.1. The lowest BCUT2D eigenvalue weighted by molar-refractivity contribution is -0.384. The predicted octanol–water partition coefficient (Wildman–Crippen LogP) is 4.42. The zero-order chi connectivity index (χ0) is 25.2. The van der Waals surface area contributed by atoms with Gasteiger partial charge in [-0.3, -0.25) is 19.8 Å². The maximum absolute atomic E-state index is 12.4. The molecule has 1 aliphatic heterocycles. The van der Waals surface area contributed by atoms with Crippen molar-refractivity contribution < 1.29 is 14.8 Å². The van der Waals surface area contributed by atoms with Crippen LogP contribution < -0.4 is 5.73 Å². The summed E-state index contributed by atoms with van der Waals surface area (Å²) in [5, 5.41) is 21.6. The fourth-order valence-electron chi connectivity index (χ4n) is 5.88. The molecule has 1 aliphatic carbocycles. The van der Waals surface area contributed by atoms with E-state index in [2.05, 4.69) is 27.7 Å². The van der Waals surface area contributed by atoms with Gasteiger partial charge in [0.05, 0.1) is 21.5 Å². The summed E-state index contributed by atoms with van der Waals surface area (Å²) in [4.78, 5) is 31.3. The highest BCUT2D eigenvalue weighted by Gasteiger charge is 2.31. The van der Waals surface area contributed by atoms with Gasteiger partial charge in [0.2, 0.25) is 5.91 Å². The number of aliphatic hydroxyl groups excluding tert-OH is 1. The number of hydrogen-bond acceptors (Lipinski definition) is 6. The summed E-state index contributed by atoms with van der Waals surface area (Å²) in [6, 6.07) is 10.7. The third-order valence-electron chi connectivity index (χ3n) is 7.78. The summed E-state index contributed by atoms with van der Waals surface area (Å²) < 4.78 is 2.07. The second kappa shape index (κ2) is 10.4. The molecule has 1 amide bonds. The number of nitro groups is 1. The van der Waals surface area contributed by atoms with Crippen molar-refractivity contribution in [3.8, 4) is 11.4 Å². The summed E-state index contributed by atoms with van der Waals surface area (Å²) in [6.07, 6.45) is 7.09. The number of primary amides is 1. The molecule has 0 spiro atoms. The molecule has 0 atom stereocenters. The quantitative estimate of drug-likeness (QED) is 0.372. The van der Waals surface area contributed by atoms with Gasteiger partial charge >= 0.3 is 0 Å². The molecule has 0 bridgehead atoms. The summed E-state index contributed by atoms with van der Waals surface area (Å²) >= 11 is 0. The highest BCUT2D eigenvalue weighted by molar-refractivity contribution is 6.02. The molecule has 36 heavy (non-hydrogen) atoms. The Bertz CT molecular complexity index is 1240. The van der Waals surface area contributed by atoms with Crippen LogP contribution in [-0.2, 0) is 6.54 Å². The molecule has 3 aromatic rings. The highest BCUT2D eigenvalue weighted by atomic mass is 16.6. The van der Waals surface area contributed by atoms with Gasteiger partial charge in [-0.1, -0.05) is 18.6 Å². The summed E-state index contributed by atoms with van der Waals surface area (Å²) in [7, 11) is 0. The minimum Gasteiger partial charge on any atom is -0.396 e. The van der Waals surface area contributed by atoms with Crippen LogP contribution in [0.4, 0.5) is 5.69 Å². The van der Waals surface area contributed by atoms with Gasteiger partial charge in [0.25, 0.3) is 5.69 Å². The third-order valence-corrected chi connectivity index (χ3v) is 7.78. The minimum absolute atomic E-state index is 0.0567. The Morgan fingerprint density at radius 1 is 1.11 bits per heavy atom. The van der Waals surface area contributed by atoms with E-state index in [4.69, 9.17) is 10.7 Å². The SMILES string of the molecule is NC(=O)c1cccc([N+](=O)[O-])c1-c1nc2cc(CN3CCCCC3)ccc2n1C1CCC(CO)CC1. The van der Waals surface area contributed by atoms with E-state index in [1.54, 1.807) is 0 Å². The number of piperidine rings is 1. The number of amides is 1. The van der Waals surface area contributed by atoms with Gasteiger partial charge in [0, 0.05) is 25.3 Å². The van der Waals surface area contributed by atoms with E-state index in [1.807, 2.05) is 0 Å². The van der Waals surface area contributed by atoms with Gasteiger partial charge in [-0.2, -0.15) is 0 Å². The number of nitrogens with two attached hydrogens (primary N) is 1. The van der Waals surface area contributed by atoms with E-state index in [1.165, 1.54) is 37.5 Å². The zero-order valence-corrected chi connectivity index (χ0v) is 20.4. The maximum atomic E-state index is 12.4. The molecule has 1 saturated heterocycles. The van der Waals surface area contributed by atoms with Crippen molar-refractivity contribution in [3.05, 3.63) is 57.6 Å². The average Bonchev–Trinajstić information content (AvgIpc) is 3.27. The Hall–Kier alpha value is -3.30. The average molecular weight is 492 g/mol. The number of benzene rings is 2. The molecule has 2 fully saturated rings. The van der Waals surface area contributed by atoms with Crippen molar-refractivity contribution >= 4 is 22.6 Å². The maximum Gasteiger partial charge on any atom is 0.281 e. The van der Waals surface area contributed by atoms with Gasteiger partial charge in [0.15, 0.2) is 0 Å². The number of hydrogen-bond donors (Lipinski definition) is 2. The third kappa shape index (κ3) is 4.73. The first-order valence-corrected chi connectivity index (χ1v) is 12.9. The first-order valence-electron chi connectivity index (χ1n) is 12.9. The number of carbonyl (C=O) groups is 1. The smallest absolute Gasteiger partial charge is 0.281 e. The Balaban J connectivity index is 1.65. The zero-order valence-electron chi connectivity index (χ0n) is 20.4. The minimum atomic E-state index is -0.720. The van der Waals surface area contributed by atoms with Crippen LogP contribution in [0.3, 0.4) is 0 Å². The summed E-state index contributed by atoms with van der Waals surface area (Å²) in [5.74, 6) is -0.0429. The van der Waals surface area contributed by atoms with E-state index < -0.39 is 10.8 Å². The van der Waals surface area contributed by atoms with Crippen LogP contribution in [0.1, 0.15) is 66.9 Å². The molecular weight excluding hydrogens is 458 g/mol. The number of rotatable bonds is 7. The molecule has 0 unspecified atom stereocenters. The second-order valence-corrected chi connectivity index (χ2v) is 10.1. The molecule has 1 aromatic heterocycles. The standard InChI is InChI=1S/C27H33N5O4/c28-26(34)21-5-4-6-24(32(35)36)25(21)27-29-22-15-19(16-30-13-2-1-3-14-30)9-12-23(22)31(27)20-10-7-18(17-33)8-11-20/h4-6,9,12,15,18,20,33H,1-3,7-8,10-11,13-14,16-17H2,(H2,28,34). The van der Waals surface area contributed by atoms with E-state index in [0.29, 0.717) is 5.82 Å². The Morgan fingerprint density at radius 3 is 2.53 bits per heavy atom. The van der Waals surface area contributed by atoms with Crippen molar-refractivity contribution in [2.45, 2.75) is 57.5 Å². The van der Waals surface area contributed by atoms with Gasteiger partial charge in [0.1, 0.15) is 11.4 Å². The molecule has 2 heterocycles. The predicted molar refractivity (Wildman–Crippen MR) is 138 cm³/mol. The highest BCUT2D eigenvalue weighted by Crippen LogP contribution is 2.41. The number of aliphatic hydroxyl groups is 1. The molecule has 9 heteroatoms. The summed E-state index contributed by atoms with van der Waals surface area (Å²) in [5.41, 5.74) is 8.58. The normalized spacial score (nSPS) is 21.0. The van der Waals surface area contributed by atoms with Gasteiger partial charge in [-0.05, 0) is 81.3 Å². The topological polar surface area (TPSA) is 128 Å². The molecule has 190 valence electrons. The van der Waals surface area contributed by atoms with E-state index >= 15 is 0 Å². The van der Waals surface area contributed by atoms with Crippen LogP contribution >= 0.6 is 0 Å². The van der Waals surface area contributed by atoms with E-state index in [9.17, 15) is 20.0 Å². The van der Waals surface area contributed by atoms with Crippen LogP contribution in [0.5, 0.6) is 0 Å². The van der Waals surface area contributed by atoms with Crippen LogP contribution in [-0.4, -0.2) is 50.1 Å². The van der Waals surface area contributed by atoms with Crippen LogP contribution in [0.2, 0.25) is 0 Å². The molecule has 5 rings (SSSR count). The Labute approximate surface area is 210 Å². The number of imidazole rings is 1. The molecule has 2 aromatic carbocycles. The first kappa shape index (κ1) is 24.4. The Kier molecular flexibility index (Phi) is 7.02. The number of aromatic nitrogens is 2. The lowest BCUT2D eigenvalue weighted by Crippen LogP contribution is -2.29. The van der Waals surface area contributed by atoms with Crippen molar-refractivity contribution in [2.75, 3.05) is 19.7 Å². The first-order chi connectivity index (χ1) is 17.5. The number of nitrogens with zero attached hydrogens (tertiary/aromatic N) is 4. The lowest BCUT2D eigenvalue weighted by atomic mass is 9.86. The van der Waals surface area contributed by atoms with Crippen LogP contribution in [0.15, 0.2) is 36.4 Å². The fraction of sp³-hybridized carbons (Fsp3) is 0.481. The number of likely N-dealkylation sites (tertiary alicyclic amines) is 1. The number of fused-ring (bicyclic) bond motifs is 1. The molecule has 9 nitrogen and oxygen atoms in total. The molecule has 1 saturated carbocycles. The molecule has 3 N–H and O–H groups in total. The fourth-order valence-corrected chi connectivity index (χ4v) is 5.88. The monoisotopic (exact) mass is 491 g/mol. The van der Waals surface area contributed by atoms with Crippen molar-refractivity contribution in [2.24, 2.45) is 11.7 Å². The van der Waals surface area contributed by atoms with Crippen molar-refractivity contribution in [3.63, 3.8) is 0 Å². The van der Waals surface area contributed by atoms with Gasteiger partial charge in [-0.25, -0.2) is 4.98 Å². The molecular formula is C27H33N5O4.